The second-order valence-corrected chi connectivity index (χ2v) is 8.11. The Kier molecular flexibility index (Phi) is 6.62. The Morgan fingerprint density at radius 3 is 2.73 bits per heavy atom. The number of ether oxygens (including phenoxy) is 1. The predicted octanol–water partition coefficient (Wildman–Crippen LogP) is 0.697. The quantitative estimate of drug-likeness (QED) is 0.476. The average molecular weight is 533 g/mol. The molecule has 1 unspecified atom stereocenters. The molecule has 0 bridgehead atoms. The third kappa shape index (κ3) is 4.21. The van der Waals surface area contributed by atoms with Crippen LogP contribution in [0.1, 0.15) is 19.3 Å². The Morgan fingerprint density at radius 1 is 1.55 bits per heavy atom. The van der Waals surface area contributed by atoms with E-state index in [4.69, 9.17) is 4.74 Å². The third-order valence-electron chi connectivity index (χ3n) is 1.71. The molecule has 1 atom stereocenters. The fraction of sp³-hybridized carbons (Fsp3) is 0.714. The van der Waals surface area contributed by atoms with Gasteiger partial charge in [-0.2, -0.15) is 0 Å². The second-order valence-electron chi connectivity index (χ2n) is 2.61. The van der Waals surface area contributed by atoms with Crippen molar-refractivity contribution in [2.45, 2.75) is 22.7 Å². The van der Waals surface area contributed by atoms with Gasteiger partial charge in [0.25, 0.3) is 0 Å². The maximum absolute atomic E-state index is 5.67. The van der Waals surface area contributed by atoms with Crippen LogP contribution in [0.2, 0.25) is 0 Å². The van der Waals surface area contributed by atoms with Gasteiger partial charge in [-0.3, -0.25) is 0 Å². The van der Waals surface area contributed by atoms with Gasteiger partial charge in [-0.05, 0) is 0 Å². The van der Waals surface area contributed by atoms with Crippen molar-refractivity contribution in [3.05, 3.63) is 12.3 Å². The fourth-order valence-electron chi connectivity index (χ4n) is 1.16. The first-order valence-electron chi connectivity index (χ1n) is 3.67. The minimum absolute atomic E-state index is 0. The van der Waals surface area contributed by atoms with Crippen LogP contribution in [0.25, 0.3) is 0 Å². The Bertz CT molecular complexity index is 126. The molecule has 0 amide bonds. The molecule has 0 saturated carbocycles. The van der Waals surface area contributed by atoms with Crippen molar-refractivity contribution < 1.29 is 46.9 Å². The summed E-state index contributed by atoms with van der Waals surface area (Å²) in [6.07, 6.45) is 3.80. The summed E-state index contributed by atoms with van der Waals surface area (Å²) in [5, 5.41) is 0. The predicted molar refractivity (Wildman–Crippen MR) is 41.3 cm³/mol. The maximum Gasteiger partial charge on any atom is 0 e. The Labute approximate surface area is 97.3 Å². The van der Waals surface area contributed by atoms with Crippen molar-refractivity contribution in [3.63, 3.8) is 0 Å². The molecule has 0 aliphatic carbocycles. The van der Waals surface area contributed by atoms with Crippen LogP contribution >= 0.6 is 0 Å². The molecule has 0 N–H and O–H groups in total. The zero-order chi connectivity index (χ0) is 7.45. The molecule has 1 nitrogen and oxygen atoms in total. The number of hydrogen-bond donors (Lipinski definition) is 0. The summed E-state index contributed by atoms with van der Waals surface area (Å²) < 4.78 is 5.87. The van der Waals surface area contributed by atoms with Crippen molar-refractivity contribution in [2.75, 3.05) is 6.61 Å². The Morgan fingerprint density at radius 2 is 2.27 bits per heavy atom. The minimum Gasteiger partial charge on any atom is 0 e. The van der Waals surface area contributed by atoms with Crippen LogP contribution in [0.3, 0.4) is 0 Å². The van der Waals surface area contributed by atoms with Gasteiger partial charge in [-0.1, -0.05) is 0 Å². The van der Waals surface area contributed by atoms with E-state index >= 15 is 0 Å². The molecule has 1 heterocycles. The van der Waals surface area contributed by atoms with Crippen LogP contribution in [0, 0.1) is 0 Å². The van der Waals surface area contributed by atoms with Gasteiger partial charge in [0, 0.05) is 21.1 Å². The van der Waals surface area contributed by atoms with E-state index < -0.39 is 0 Å². The van der Waals surface area contributed by atoms with Crippen molar-refractivity contribution in [1.29, 1.82) is 0 Å². The molecule has 72 valence electrons. The monoisotopic (exact) mass is 533 g/mol. The van der Waals surface area contributed by atoms with E-state index in [1.165, 1.54) is 19.3 Å². The van der Waals surface area contributed by atoms with Crippen LogP contribution in [0.15, 0.2) is 12.3 Å². The van der Waals surface area contributed by atoms with Gasteiger partial charge >= 0.3 is 76.9 Å². The van der Waals surface area contributed by atoms with Crippen LogP contribution < -0.4 is 0 Å². The average Bonchev–Trinajstić information content (AvgIpc) is 1.89. The summed E-state index contributed by atoms with van der Waals surface area (Å²) in [5.41, 5.74) is 2.07. The molecule has 0 aromatic carbocycles. The molecular formula is C7H13AuOPtSi. The van der Waals surface area contributed by atoms with Gasteiger partial charge in [0.15, 0.2) is 0 Å². The SMILES string of the molecule is C=C[SiH2][C]1([Au])CCCCO1.[Pt]. The summed E-state index contributed by atoms with van der Waals surface area (Å²) in [4.78, 5) is 0. The van der Waals surface area contributed by atoms with E-state index in [2.05, 4.69) is 33.3 Å². The van der Waals surface area contributed by atoms with Crippen LogP contribution in [-0.4, -0.2) is 19.6 Å². The van der Waals surface area contributed by atoms with E-state index in [-0.39, 0.29) is 34.0 Å². The van der Waals surface area contributed by atoms with Crippen LogP contribution in [0.5, 0.6) is 0 Å². The van der Waals surface area contributed by atoms with Gasteiger partial charge < -0.3 is 0 Å². The summed E-state index contributed by atoms with van der Waals surface area (Å²) in [6.45, 7) is 4.73. The van der Waals surface area contributed by atoms with Gasteiger partial charge in [0.2, 0.25) is 0 Å². The molecule has 1 saturated heterocycles. The zero-order valence-corrected chi connectivity index (χ0v) is 12.2. The summed E-state index contributed by atoms with van der Waals surface area (Å²) in [6, 6.07) is 0. The molecule has 0 spiro atoms. The molecule has 1 aliphatic rings. The Balaban J connectivity index is 0.000001000. The first-order chi connectivity index (χ1) is 4.77. The van der Waals surface area contributed by atoms with E-state index in [9.17, 15) is 0 Å². The topological polar surface area (TPSA) is 9.23 Å². The summed E-state index contributed by atoms with van der Waals surface area (Å²) in [7, 11) is -0.204. The minimum atomic E-state index is -0.204. The molecule has 0 aromatic rings. The summed E-state index contributed by atoms with van der Waals surface area (Å²) in [5.74, 6) is 0. The molecule has 11 heavy (non-hydrogen) atoms. The molecule has 1 aliphatic heterocycles. The standard InChI is InChI=1S/C7H13OSi.Au.Pt/c1-2-9-7-5-3-4-6-8-7;;/h2H,1,3-6,9H2;;. The van der Waals surface area contributed by atoms with E-state index in [0.29, 0.717) is 0 Å². The van der Waals surface area contributed by atoms with E-state index in [0.717, 1.165) is 6.61 Å². The second kappa shape index (κ2) is 5.90. The van der Waals surface area contributed by atoms with Crippen molar-refractivity contribution >= 4 is 9.52 Å². The van der Waals surface area contributed by atoms with Crippen molar-refractivity contribution in [2.24, 2.45) is 0 Å². The van der Waals surface area contributed by atoms with Crippen LogP contribution in [0.4, 0.5) is 0 Å². The largest absolute Gasteiger partial charge is 0 e. The molecule has 0 aromatic heterocycles. The molecule has 0 radical (unpaired) electrons. The number of hydrogen-bond acceptors (Lipinski definition) is 1. The van der Waals surface area contributed by atoms with Gasteiger partial charge in [0.1, 0.15) is 0 Å². The van der Waals surface area contributed by atoms with Gasteiger partial charge in [0.05, 0.1) is 0 Å². The fourth-order valence-corrected chi connectivity index (χ4v) is 3.83. The van der Waals surface area contributed by atoms with E-state index in [1.54, 1.807) is 0 Å². The molecule has 1 rings (SSSR count). The van der Waals surface area contributed by atoms with Gasteiger partial charge in [-0.25, -0.2) is 0 Å². The van der Waals surface area contributed by atoms with Crippen molar-refractivity contribution in [1.82, 2.24) is 0 Å². The number of rotatable bonds is 2. The first-order valence-corrected chi connectivity index (χ1v) is 6.27. The first kappa shape index (κ1) is 12.3. The van der Waals surface area contributed by atoms with E-state index in [1.807, 2.05) is 0 Å². The zero-order valence-electron chi connectivity index (χ0n) is 6.35. The van der Waals surface area contributed by atoms with Gasteiger partial charge in [-0.15, -0.1) is 0 Å². The smallest absolute Gasteiger partial charge is 0 e. The molecular weight excluding hydrogens is 520 g/mol. The normalized spacial score (nSPS) is 31.8. The molecule has 4 heteroatoms. The van der Waals surface area contributed by atoms with Crippen molar-refractivity contribution in [3.8, 4) is 0 Å². The Hall–Kier alpha value is 1.35. The third-order valence-corrected chi connectivity index (χ3v) is 5.31. The maximum atomic E-state index is 5.67. The summed E-state index contributed by atoms with van der Waals surface area (Å²) >= 11 is 2.65. The molecule has 1 fully saturated rings. The van der Waals surface area contributed by atoms with Crippen LogP contribution in [-0.2, 0) is 46.9 Å².